The second kappa shape index (κ2) is 14.6. The van der Waals surface area contributed by atoms with E-state index in [9.17, 15) is 0 Å². The fraction of sp³-hybridized carbons (Fsp3) is 0.560. The Morgan fingerprint density at radius 2 is 1.76 bits per heavy atom. The zero-order valence-electron chi connectivity index (χ0n) is 19.2. The lowest BCUT2D eigenvalue weighted by atomic mass is 10.1. The number of furan rings is 1. The van der Waals surface area contributed by atoms with Crippen molar-refractivity contribution in [2.45, 2.75) is 44.9 Å². The Kier molecular flexibility index (Phi) is 11.5. The van der Waals surface area contributed by atoms with Crippen molar-refractivity contribution in [1.82, 2.24) is 10.6 Å². The first-order chi connectivity index (χ1) is 15.8. The van der Waals surface area contributed by atoms with Crippen molar-refractivity contribution in [3.63, 3.8) is 0 Å². The highest BCUT2D eigenvalue weighted by Crippen LogP contribution is 2.14. The maximum Gasteiger partial charge on any atom is 0.191 e. The lowest BCUT2D eigenvalue weighted by Crippen LogP contribution is -2.40. The van der Waals surface area contributed by atoms with Gasteiger partial charge in [0, 0.05) is 45.2 Å². The minimum absolute atomic E-state index is 0. The average Bonchev–Trinajstić information content (AvgIpc) is 3.55. The van der Waals surface area contributed by atoms with E-state index in [-0.39, 0.29) is 24.0 Å². The van der Waals surface area contributed by atoms with E-state index in [1.165, 1.54) is 11.1 Å². The Morgan fingerprint density at radius 3 is 2.48 bits per heavy atom. The summed E-state index contributed by atoms with van der Waals surface area (Å²) in [5, 5.41) is 6.91. The number of hydrogen-bond donors (Lipinski definition) is 2. The second-order valence-corrected chi connectivity index (χ2v) is 8.47. The second-order valence-electron chi connectivity index (χ2n) is 8.47. The van der Waals surface area contributed by atoms with E-state index in [4.69, 9.17) is 23.6 Å². The van der Waals surface area contributed by atoms with Crippen molar-refractivity contribution < 1.29 is 18.6 Å². The summed E-state index contributed by atoms with van der Waals surface area (Å²) < 4.78 is 22.3. The summed E-state index contributed by atoms with van der Waals surface area (Å²) in [4.78, 5) is 4.80. The first-order valence-corrected chi connectivity index (χ1v) is 11.7. The number of benzene rings is 1. The monoisotopic (exact) mass is 569 g/mol. The molecule has 2 saturated heterocycles. The van der Waals surface area contributed by atoms with Gasteiger partial charge < -0.3 is 29.3 Å². The van der Waals surface area contributed by atoms with E-state index in [1.54, 1.807) is 6.26 Å². The molecule has 182 valence electrons. The molecule has 0 spiro atoms. The molecule has 2 N–H and O–H groups in total. The van der Waals surface area contributed by atoms with Gasteiger partial charge in [0.1, 0.15) is 5.76 Å². The maximum atomic E-state index is 6.02. The molecule has 8 heteroatoms. The van der Waals surface area contributed by atoms with Crippen LogP contribution in [0.3, 0.4) is 0 Å². The molecule has 0 amide bonds. The quantitative estimate of drug-likeness (QED) is 0.257. The van der Waals surface area contributed by atoms with Gasteiger partial charge in [0.15, 0.2) is 5.96 Å². The highest BCUT2D eigenvalue weighted by Gasteiger charge is 2.16. The van der Waals surface area contributed by atoms with Crippen LogP contribution in [0.5, 0.6) is 0 Å². The van der Waals surface area contributed by atoms with Gasteiger partial charge in [-0.15, -0.1) is 24.0 Å². The summed E-state index contributed by atoms with van der Waals surface area (Å²) in [6.07, 6.45) is 5.93. The molecule has 7 nitrogen and oxygen atoms in total. The van der Waals surface area contributed by atoms with Crippen LogP contribution in [0.1, 0.15) is 36.1 Å². The largest absolute Gasteiger partial charge is 0.469 e. The van der Waals surface area contributed by atoms with Crippen molar-refractivity contribution in [2.24, 2.45) is 10.9 Å². The van der Waals surface area contributed by atoms with E-state index in [1.807, 2.05) is 12.1 Å². The molecule has 1 aromatic carbocycles. The SMILES string of the molecule is I.c1coc(CCNC(=NCc2ccc(COC3CCOCC3)cc2)NCC2CCOC2)c1. The number of nitrogens with zero attached hydrogens (tertiary/aromatic N) is 1. The highest BCUT2D eigenvalue weighted by molar-refractivity contribution is 14.0. The van der Waals surface area contributed by atoms with Crippen molar-refractivity contribution >= 4 is 29.9 Å². The summed E-state index contributed by atoms with van der Waals surface area (Å²) in [6.45, 7) is 6.21. The van der Waals surface area contributed by atoms with Gasteiger partial charge in [0.25, 0.3) is 0 Å². The third-order valence-corrected chi connectivity index (χ3v) is 5.92. The normalized spacial score (nSPS) is 19.3. The summed E-state index contributed by atoms with van der Waals surface area (Å²) in [6, 6.07) is 12.5. The van der Waals surface area contributed by atoms with Crippen LogP contribution >= 0.6 is 24.0 Å². The van der Waals surface area contributed by atoms with Crippen LogP contribution in [0.25, 0.3) is 0 Å². The molecule has 3 heterocycles. The zero-order valence-corrected chi connectivity index (χ0v) is 21.5. The van der Waals surface area contributed by atoms with E-state index in [2.05, 4.69) is 34.9 Å². The lowest BCUT2D eigenvalue weighted by Gasteiger charge is -2.22. The smallest absolute Gasteiger partial charge is 0.191 e. The minimum Gasteiger partial charge on any atom is -0.469 e. The molecule has 0 saturated carbocycles. The Bertz CT molecular complexity index is 802. The van der Waals surface area contributed by atoms with Crippen molar-refractivity contribution in [3.8, 4) is 0 Å². The maximum absolute atomic E-state index is 6.02. The molecular weight excluding hydrogens is 533 g/mol. The number of ether oxygens (including phenoxy) is 3. The number of hydrogen-bond acceptors (Lipinski definition) is 5. The van der Waals surface area contributed by atoms with Gasteiger partial charge in [0.05, 0.1) is 32.1 Å². The molecule has 4 rings (SSSR count). The molecule has 0 radical (unpaired) electrons. The first kappa shape index (κ1) is 26.0. The molecule has 2 fully saturated rings. The predicted molar refractivity (Wildman–Crippen MR) is 139 cm³/mol. The molecule has 1 unspecified atom stereocenters. The minimum atomic E-state index is 0. The third-order valence-electron chi connectivity index (χ3n) is 5.92. The lowest BCUT2D eigenvalue weighted by molar-refractivity contribution is -0.0390. The number of rotatable bonds is 10. The van der Waals surface area contributed by atoms with Crippen LogP contribution in [-0.4, -0.2) is 51.6 Å². The van der Waals surface area contributed by atoms with Gasteiger partial charge in [-0.2, -0.15) is 0 Å². The number of aliphatic imine (C=N–C) groups is 1. The Labute approximate surface area is 213 Å². The van der Waals surface area contributed by atoms with Crippen LogP contribution in [-0.2, 0) is 33.8 Å². The Hall–Kier alpha value is -1.62. The molecule has 2 aromatic rings. The van der Waals surface area contributed by atoms with Gasteiger partial charge in [-0.05, 0) is 42.5 Å². The summed E-state index contributed by atoms with van der Waals surface area (Å²) >= 11 is 0. The highest BCUT2D eigenvalue weighted by atomic mass is 127. The topological polar surface area (TPSA) is 77.3 Å². The third kappa shape index (κ3) is 9.27. The van der Waals surface area contributed by atoms with E-state index < -0.39 is 0 Å². The predicted octanol–water partition coefficient (Wildman–Crippen LogP) is 3.91. The van der Waals surface area contributed by atoms with Crippen LogP contribution in [0.2, 0.25) is 0 Å². The van der Waals surface area contributed by atoms with E-state index >= 15 is 0 Å². The average molecular weight is 569 g/mol. The van der Waals surface area contributed by atoms with Gasteiger partial charge >= 0.3 is 0 Å². The number of nitrogens with one attached hydrogen (secondary N) is 2. The van der Waals surface area contributed by atoms with Crippen molar-refractivity contribution in [2.75, 3.05) is 39.5 Å². The fourth-order valence-electron chi connectivity index (χ4n) is 3.89. The molecule has 0 bridgehead atoms. The molecule has 2 aliphatic rings. The van der Waals surface area contributed by atoms with E-state index in [0.717, 1.165) is 76.9 Å². The molecule has 1 aromatic heterocycles. The van der Waals surface area contributed by atoms with Gasteiger partial charge in [-0.25, -0.2) is 4.99 Å². The fourth-order valence-corrected chi connectivity index (χ4v) is 3.89. The molecule has 33 heavy (non-hydrogen) atoms. The standard InChI is InChI=1S/C25H35N3O4.HI/c1-2-23(31-12-1)7-11-26-25(28-17-22-8-13-30-18-22)27-16-20-3-5-21(6-4-20)19-32-24-9-14-29-15-10-24;/h1-6,12,22,24H,7-11,13-19H2,(H2,26,27,28);1H. The molecule has 1 atom stereocenters. The van der Waals surface area contributed by atoms with E-state index in [0.29, 0.717) is 25.2 Å². The van der Waals surface area contributed by atoms with Gasteiger partial charge in [-0.3, -0.25) is 0 Å². The van der Waals surface area contributed by atoms with Crippen LogP contribution in [0.4, 0.5) is 0 Å². The van der Waals surface area contributed by atoms with Crippen LogP contribution < -0.4 is 10.6 Å². The summed E-state index contributed by atoms with van der Waals surface area (Å²) in [5.41, 5.74) is 2.37. The molecule has 0 aliphatic carbocycles. The number of halogens is 1. The Morgan fingerprint density at radius 1 is 0.970 bits per heavy atom. The Balaban J connectivity index is 0.00000306. The van der Waals surface area contributed by atoms with Crippen molar-refractivity contribution in [3.05, 3.63) is 59.5 Å². The molecular formula is C25H36IN3O4. The summed E-state index contributed by atoms with van der Waals surface area (Å²) in [7, 11) is 0. The van der Waals surface area contributed by atoms with Gasteiger partial charge in [0.2, 0.25) is 0 Å². The zero-order chi connectivity index (χ0) is 21.8. The molecule has 2 aliphatic heterocycles. The first-order valence-electron chi connectivity index (χ1n) is 11.7. The van der Waals surface area contributed by atoms with Crippen LogP contribution in [0.15, 0.2) is 52.1 Å². The number of guanidine groups is 1. The van der Waals surface area contributed by atoms with Crippen molar-refractivity contribution in [1.29, 1.82) is 0 Å². The summed E-state index contributed by atoms with van der Waals surface area (Å²) in [5.74, 6) is 2.34. The van der Waals surface area contributed by atoms with Gasteiger partial charge in [-0.1, -0.05) is 24.3 Å². The van der Waals surface area contributed by atoms with Crippen LogP contribution in [0, 0.1) is 5.92 Å².